The van der Waals surface area contributed by atoms with Crippen LogP contribution in [0.2, 0.25) is 5.02 Å². The maximum absolute atomic E-state index is 12.1. The lowest BCUT2D eigenvalue weighted by Crippen LogP contribution is -2.28. The molecule has 2 amide bonds. The van der Waals surface area contributed by atoms with E-state index in [0.717, 1.165) is 11.8 Å². The van der Waals surface area contributed by atoms with Crippen molar-refractivity contribution in [1.29, 1.82) is 0 Å². The monoisotopic (exact) mass is 386 g/mol. The first-order valence-corrected chi connectivity index (χ1v) is 8.41. The number of hydrogen-bond donors (Lipinski definition) is 2. The van der Waals surface area contributed by atoms with Crippen LogP contribution < -0.4 is 10.6 Å². The van der Waals surface area contributed by atoms with Crippen molar-refractivity contribution in [3.8, 4) is 0 Å². The number of benzene rings is 1. The predicted octanol–water partition coefficient (Wildman–Crippen LogP) is 1.81. The van der Waals surface area contributed by atoms with Crippen LogP contribution in [0, 0.1) is 10.1 Å². The number of amides is 2. The fraction of sp³-hybridized carbons (Fsp3) is 0.357. The summed E-state index contributed by atoms with van der Waals surface area (Å²) >= 11 is 7.08. The quantitative estimate of drug-likeness (QED) is 0.418. The van der Waals surface area contributed by atoms with E-state index in [4.69, 9.17) is 16.3 Å². The van der Waals surface area contributed by atoms with Gasteiger partial charge in [0.1, 0.15) is 5.25 Å². The highest BCUT2D eigenvalue weighted by Gasteiger charge is 2.32. The molecule has 11 heteroatoms. The van der Waals surface area contributed by atoms with Crippen LogP contribution >= 0.6 is 23.4 Å². The summed E-state index contributed by atoms with van der Waals surface area (Å²) in [7, 11) is 1.55. The molecule has 0 aliphatic carbocycles. The highest BCUT2D eigenvalue weighted by Crippen LogP contribution is 2.28. The Kier molecular flexibility index (Phi) is 6.73. The molecule has 2 N–H and O–H groups in total. The molecule has 134 valence electrons. The molecule has 0 spiro atoms. The molecule has 1 heterocycles. The number of nitro benzene ring substituents is 1. The number of hydrogen-bond acceptors (Lipinski definition) is 7. The topological polar surface area (TPSA) is 123 Å². The van der Waals surface area contributed by atoms with E-state index in [1.165, 1.54) is 18.2 Å². The first-order chi connectivity index (χ1) is 11.9. The van der Waals surface area contributed by atoms with Crippen LogP contribution in [0.25, 0.3) is 0 Å². The van der Waals surface area contributed by atoms with Gasteiger partial charge in [-0.2, -0.15) is 0 Å². The summed E-state index contributed by atoms with van der Waals surface area (Å²) in [6.07, 6.45) is -0.112. The number of rotatable bonds is 7. The zero-order chi connectivity index (χ0) is 18.4. The Labute approximate surface area is 152 Å². The minimum Gasteiger partial charge on any atom is -0.383 e. The Hall–Kier alpha value is -2.17. The summed E-state index contributed by atoms with van der Waals surface area (Å²) in [5.74, 6) is -0.797. The van der Waals surface area contributed by atoms with Gasteiger partial charge in [0.15, 0.2) is 5.17 Å². The van der Waals surface area contributed by atoms with Gasteiger partial charge in [-0.3, -0.25) is 24.7 Å². The fourth-order valence-electron chi connectivity index (χ4n) is 1.95. The standard InChI is InChI=1S/C14H15ClN4O5S/c1-24-5-4-16-14-18-13(21)11(25-14)7-12(20)17-10-6-8(19(22)23)2-3-9(10)15/h2-3,6,11H,4-5,7H2,1H3,(H,17,20)(H,16,18,21). The maximum atomic E-state index is 12.1. The van der Waals surface area contributed by atoms with E-state index >= 15 is 0 Å². The third-order valence-electron chi connectivity index (χ3n) is 3.13. The number of nitrogens with zero attached hydrogens (tertiary/aromatic N) is 2. The fourth-order valence-corrected chi connectivity index (χ4v) is 3.11. The summed E-state index contributed by atoms with van der Waals surface area (Å²) in [6.45, 7) is 0.831. The molecule has 0 saturated carbocycles. The van der Waals surface area contributed by atoms with Crippen molar-refractivity contribution in [3.05, 3.63) is 33.3 Å². The zero-order valence-corrected chi connectivity index (χ0v) is 14.7. The summed E-state index contributed by atoms with van der Waals surface area (Å²) in [5.41, 5.74) is -0.0708. The number of carbonyl (C=O) groups excluding carboxylic acids is 2. The molecule has 1 atom stereocenters. The Morgan fingerprint density at radius 3 is 3.00 bits per heavy atom. The van der Waals surface area contributed by atoms with E-state index in [-0.39, 0.29) is 28.7 Å². The van der Waals surface area contributed by atoms with Gasteiger partial charge in [-0.1, -0.05) is 23.4 Å². The molecule has 0 radical (unpaired) electrons. The second-order valence-corrected chi connectivity index (χ2v) is 6.55. The molecule has 0 bridgehead atoms. The summed E-state index contributed by atoms with van der Waals surface area (Å²) in [4.78, 5) is 38.3. The number of non-ortho nitro benzene ring substituents is 1. The minimum absolute atomic E-state index is 0.112. The normalized spacial score (nSPS) is 18.2. The maximum Gasteiger partial charge on any atom is 0.271 e. The summed E-state index contributed by atoms with van der Waals surface area (Å²) in [6, 6.07) is 3.73. The molecule has 1 aliphatic heterocycles. The van der Waals surface area contributed by atoms with Gasteiger partial charge in [-0.25, -0.2) is 0 Å². The van der Waals surface area contributed by atoms with E-state index in [2.05, 4.69) is 15.6 Å². The number of nitrogens with one attached hydrogen (secondary N) is 2. The highest BCUT2D eigenvalue weighted by atomic mass is 35.5. The van der Waals surface area contributed by atoms with Crippen molar-refractivity contribution >= 4 is 51.7 Å². The number of ether oxygens (including phenoxy) is 1. The summed E-state index contributed by atoms with van der Waals surface area (Å²) < 4.78 is 4.87. The van der Waals surface area contributed by atoms with E-state index in [1.807, 2.05) is 0 Å². The molecule has 2 rings (SSSR count). The number of anilines is 1. The number of thioether (sulfide) groups is 1. The Morgan fingerprint density at radius 2 is 2.32 bits per heavy atom. The molecule has 1 aliphatic rings. The lowest BCUT2D eigenvalue weighted by atomic mass is 10.2. The molecule has 0 aromatic heterocycles. The third kappa shape index (κ3) is 5.41. The molecule has 1 fully saturated rings. The van der Waals surface area contributed by atoms with Crippen LogP contribution in [-0.4, -0.2) is 47.4 Å². The van der Waals surface area contributed by atoms with E-state index in [0.29, 0.717) is 18.3 Å². The van der Waals surface area contributed by atoms with Gasteiger partial charge < -0.3 is 15.4 Å². The van der Waals surface area contributed by atoms with Crippen LogP contribution in [-0.2, 0) is 14.3 Å². The Balaban J connectivity index is 1.97. The predicted molar refractivity (Wildman–Crippen MR) is 95.1 cm³/mol. The highest BCUT2D eigenvalue weighted by molar-refractivity contribution is 8.15. The number of amidine groups is 1. The summed E-state index contributed by atoms with van der Waals surface area (Å²) in [5, 5.41) is 15.9. The molecular weight excluding hydrogens is 372 g/mol. The van der Waals surface area contributed by atoms with E-state index in [9.17, 15) is 19.7 Å². The molecule has 1 saturated heterocycles. The van der Waals surface area contributed by atoms with Crippen molar-refractivity contribution in [3.63, 3.8) is 0 Å². The van der Waals surface area contributed by atoms with Gasteiger partial charge in [0.05, 0.1) is 28.8 Å². The lowest BCUT2D eigenvalue weighted by Gasteiger charge is -2.08. The number of methoxy groups -OCH3 is 1. The van der Waals surface area contributed by atoms with E-state index in [1.54, 1.807) is 7.11 Å². The smallest absolute Gasteiger partial charge is 0.271 e. The second-order valence-electron chi connectivity index (χ2n) is 4.95. The molecular formula is C14H15ClN4O5S. The Bertz CT molecular complexity index is 727. The number of aliphatic imine (C=N–C) groups is 1. The van der Waals surface area contributed by atoms with Crippen LogP contribution in [0.4, 0.5) is 11.4 Å². The molecule has 1 aromatic rings. The van der Waals surface area contributed by atoms with Gasteiger partial charge in [0.2, 0.25) is 11.8 Å². The van der Waals surface area contributed by atoms with Gasteiger partial charge in [-0.15, -0.1) is 0 Å². The second kappa shape index (κ2) is 8.79. The van der Waals surface area contributed by atoms with E-state index < -0.39 is 16.1 Å². The minimum atomic E-state index is -0.626. The molecule has 1 unspecified atom stereocenters. The number of nitro groups is 1. The van der Waals surface area contributed by atoms with Crippen molar-refractivity contribution in [1.82, 2.24) is 5.32 Å². The van der Waals surface area contributed by atoms with Gasteiger partial charge in [-0.05, 0) is 6.07 Å². The van der Waals surface area contributed by atoms with Crippen LogP contribution in [0.3, 0.4) is 0 Å². The number of halogens is 1. The number of carbonyl (C=O) groups is 2. The molecule has 25 heavy (non-hydrogen) atoms. The van der Waals surface area contributed by atoms with Crippen LogP contribution in [0.15, 0.2) is 23.2 Å². The van der Waals surface area contributed by atoms with Crippen molar-refractivity contribution in [2.24, 2.45) is 4.99 Å². The largest absolute Gasteiger partial charge is 0.383 e. The zero-order valence-electron chi connectivity index (χ0n) is 13.2. The van der Waals surface area contributed by atoms with Crippen molar-refractivity contribution in [2.75, 3.05) is 25.6 Å². The average molecular weight is 387 g/mol. The van der Waals surface area contributed by atoms with Gasteiger partial charge in [0.25, 0.3) is 5.69 Å². The van der Waals surface area contributed by atoms with Gasteiger partial charge in [0, 0.05) is 25.7 Å². The lowest BCUT2D eigenvalue weighted by molar-refractivity contribution is -0.384. The van der Waals surface area contributed by atoms with Crippen molar-refractivity contribution in [2.45, 2.75) is 11.7 Å². The van der Waals surface area contributed by atoms with Crippen molar-refractivity contribution < 1.29 is 19.2 Å². The van der Waals surface area contributed by atoms with Gasteiger partial charge >= 0.3 is 0 Å². The first-order valence-electron chi connectivity index (χ1n) is 7.15. The van der Waals surface area contributed by atoms with Crippen LogP contribution in [0.5, 0.6) is 0 Å². The average Bonchev–Trinajstić information content (AvgIpc) is 2.89. The molecule has 1 aromatic carbocycles. The molecule has 9 nitrogen and oxygen atoms in total. The Morgan fingerprint density at radius 1 is 1.56 bits per heavy atom. The SMILES string of the molecule is COCCN=C1NC(=O)C(CC(=O)Nc2cc([N+](=O)[O-])ccc2Cl)S1. The van der Waals surface area contributed by atoms with Crippen LogP contribution in [0.1, 0.15) is 6.42 Å². The first kappa shape index (κ1) is 19.2. The third-order valence-corrected chi connectivity index (χ3v) is 4.58.